The van der Waals surface area contributed by atoms with Crippen molar-refractivity contribution < 1.29 is 14.2 Å². The Balaban J connectivity index is 1.44. The van der Waals surface area contributed by atoms with E-state index in [0.717, 1.165) is 5.69 Å². The van der Waals surface area contributed by atoms with Crippen molar-refractivity contribution in [2.45, 2.75) is 6.42 Å². The van der Waals surface area contributed by atoms with E-state index < -0.39 is 0 Å². The molecule has 10 heteroatoms. The van der Waals surface area contributed by atoms with Crippen molar-refractivity contribution in [2.24, 2.45) is 0 Å². The van der Waals surface area contributed by atoms with Crippen molar-refractivity contribution in [1.29, 1.82) is 0 Å². The number of aromatic nitrogens is 2. The number of hydrogen-bond donors (Lipinski definition) is 0. The van der Waals surface area contributed by atoms with E-state index in [2.05, 4.69) is 5.10 Å². The molecule has 3 aromatic rings. The van der Waals surface area contributed by atoms with E-state index in [-0.39, 0.29) is 11.1 Å². The zero-order valence-corrected chi connectivity index (χ0v) is 19.8. The van der Waals surface area contributed by atoms with Gasteiger partial charge in [0.05, 0.1) is 41.3 Å². The van der Waals surface area contributed by atoms with Crippen molar-refractivity contribution in [3.63, 3.8) is 0 Å². The Kier molecular flexibility index (Phi) is 9.05. The lowest BCUT2D eigenvalue weighted by Gasteiger charge is -2.12. The Morgan fingerprint density at radius 2 is 1.58 bits per heavy atom. The van der Waals surface area contributed by atoms with Crippen LogP contribution < -0.4 is 14.2 Å². The highest BCUT2D eigenvalue weighted by Crippen LogP contribution is 2.37. The molecule has 0 saturated heterocycles. The number of ether oxygens (including phenoxy) is 3. The van der Waals surface area contributed by atoms with Gasteiger partial charge in [0.15, 0.2) is 11.5 Å². The van der Waals surface area contributed by atoms with Crippen LogP contribution in [-0.2, 0) is 0 Å². The Hall–Kier alpha value is -1.76. The summed E-state index contributed by atoms with van der Waals surface area (Å²) in [6, 6.07) is 10.6. The summed E-state index contributed by atoms with van der Waals surface area (Å²) in [4.78, 5) is 0. The average Bonchev–Trinajstić information content (AvgIpc) is 3.18. The molecule has 0 radical (unpaired) electrons. The molecule has 31 heavy (non-hydrogen) atoms. The lowest BCUT2D eigenvalue weighted by molar-refractivity contribution is 0.247. The third kappa shape index (κ3) is 7.41. The second kappa shape index (κ2) is 11.7. The number of benzene rings is 2. The lowest BCUT2D eigenvalue weighted by Crippen LogP contribution is -2.05. The second-order valence-electron chi connectivity index (χ2n) is 6.17. The van der Waals surface area contributed by atoms with Gasteiger partial charge in [-0.25, -0.2) is 4.68 Å². The van der Waals surface area contributed by atoms with Crippen molar-refractivity contribution in [3.05, 3.63) is 74.4 Å². The molecule has 0 aliphatic carbocycles. The Morgan fingerprint density at radius 3 is 2.26 bits per heavy atom. The van der Waals surface area contributed by atoms with Gasteiger partial charge in [0, 0.05) is 23.6 Å². The standard InChI is InChI=1S/C21H17Cl5N2O3/c22-14-2-4-15(5-3-14)28-13-17(12-27-28)29-7-1-8-31-21-18(23)10-16(11-19(21)24)30-9-6-20(25)26/h2-6,10-13H,1,7-9H2. The number of halogens is 5. The van der Waals surface area contributed by atoms with Crippen LogP contribution in [0, 0.1) is 0 Å². The fourth-order valence-corrected chi connectivity index (χ4v) is 3.33. The van der Waals surface area contributed by atoms with Crippen molar-refractivity contribution >= 4 is 58.0 Å². The number of nitrogens with zero attached hydrogens (tertiary/aromatic N) is 2. The first-order valence-corrected chi connectivity index (χ1v) is 11.0. The van der Waals surface area contributed by atoms with Crippen LogP contribution in [0.4, 0.5) is 0 Å². The zero-order chi connectivity index (χ0) is 22.2. The highest BCUT2D eigenvalue weighted by Gasteiger charge is 2.11. The summed E-state index contributed by atoms with van der Waals surface area (Å²) in [7, 11) is 0. The smallest absolute Gasteiger partial charge is 0.157 e. The van der Waals surface area contributed by atoms with Crippen molar-refractivity contribution in [3.8, 4) is 22.9 Å². The number of hydrogen-bond acceptors (Lipinski definition) is 4. The Bertz CT molecular complexity index is 1010. The summed E-state index contributed by atoms with van der Waals surface area (Å²) >= 11 is 29.5. The van der Waals surface area contributed by atoms with Gasteiger partial charge in [-0.1, -0.05) is 58.0 Å². The molecule has 0 amide bonds. The molecular weight excluding hydrogens is 506 g/mol. The SMILES string of the molecule is ClC(Cl)=CCOc1cc(Cl)c(OCCCOc2cnn(-c3ccc(Cl)cc3)c2)c(Cl)c1. The molecule has 0 aliphatic heterocycles. The van der Waals surface area contributed by atoms with Crippen LogP contribution >= 0.6 is 58.0 Å². The van der Waals surface area contributed by atoms with Gasteiger partial charge >= 0.3 is 0 Å². The van der Waals surface area contributed by atoms with Crippen molar-refractivity contribution in [2.75, 3.05) is 19.8 Å². The van der Waals surface area contributed by atoms with Crippen LogP contribution in [-0.4, -0.2) is 29.6 Å². The van der Waals surface area contributed by atoms with E-state index in [0.29, 0.717) is 52.0 Å². The highest BCUT2D eigenvalue weighted by atomic mass is 35.5. The Morgan fingerprint density at radius 1 is 0.903 bits per heavy atom. The van der Waals surface area contributed by atoms with Gasteiger partial charge in [0.2, 0.25) is 0 Å². The maximum Gasteiger partial charge on any atom is 0.157 e. The van der Waals surface area contributed by atoms with Gasteiger partial charge in [-0.2, -0.15) is 5.10 Å². The summed E-state index contributed by atoms with van der Waals surface area (Å²) < 4.78 is 18.7. The lowest BCUT2D eigenvalue weighted by atomic mass is 10.3. The van der Waals surface area contributed by atoms with Crippen LogP contribution in [0.25, 0.3) is 5.69 Å². The predicted molar refractivity (Wildman–Crippen MR) is 126 cm³/mol. The third-order valence-corrected chi connectivity index (χ3v) is 5.04. The molecule has 2 aromatic carbocycles. The molecule has 5 nitrogen and oxygen atoms in total. The van der Waals surface area contributed by atoms with Gasteiger partial charge in [0.1, 0.15) is 16.8 Å². The minimum Gasteiger partial charge on any atom is -0.490 e. The summed E-state index contributed by atoms with van der Waals surface area (Å²) in [5, 5.41) is 5.63. The van der Waals surface area contributed by atoms with E-state index in [4.69, 9.17) is 72.2 Å². The highest BCUT2D eigenvalue weighted by molar-refractivity contribution is 6.55. The fraction of sp³-hybridized carbons (Fsp3) is 0.190. The van der Waals surface area contributed by atoms with E-state index in [1.54, 1.807) is 41.3 Å². The molecule has 0 fully saturated rings. The first-order chi connectivity index (χ1) is 14.9. The molecule has 0 bridgehead atoms. The van der Waals surface area contributed by atoms with Gasteiger partial charge in [-0.15, -0.1) is 0 Å². The zero-order valence-electron chi connectivity index (χ0n) is 16.0. The third-order valence-electron chi connectivity index (χ3n) is 3.91. The van der Waals surface area contributed by atoms with E-state index in [1.807, 2.05) is 12.1 Å². The van der Waals surface area contributed by atoms with E-state index in [9.17, 15) is 0 Å². The first kappa shape index (κ1) is 23.9. The molecule has 0 N–H and O–H groups in total. The molecule has 3 rings (SSSR count). The van der Waals surface area contributed by atoms with E-state index >= 15 is 0 Å². The molecule has 0 aliphatic rings. The largest absolute Gasteiger partial charge is 0.490 e. The summed E-state index contributed by atoms with van der Waals surface area (Å²) in [5.74, 6) is 1.52. The average molecular weight is 523 g/mol. The van der Waals surface area contributed by atoms with Gasteiger partial charge < -0.3 is 14.2 Å². The quantitative estimate of drug-likeness (QED) is 0.261. The minimum atomic E-state index is 0.122. The van der Waals surface area contributed by atoms with Crippen LogP contribution in [0.1, 0.15) is 6.42 Å². The molecule has 0 saturated carbocycles. The molecule has 0 unspecified atom stereocenters. The Labute approximate surface area is 205 Å². The topological polar surface area (TPSA) is 45.5 Å². The normalized spacial score (nSPS) is 10.6. The van der Waals surface area contributed by atoms with Gasteiger partial charge in [-0.05, 0) is 30.3 Å². The monoisotopic (exact) mass is 520 g/mol. The number of rotatable bonds is 10. The van der Waals surface area contributed by atoms with Crippen LogP contribution in [0.15, 0.2) is 59.4 Å². The first-order valence-electron chi connectivity index (χ1n) is 9.11. The summed E-state index contributed by atoms with van der Waals surface area (Å²) in [5.41, 5.74) is 0.890. The summed E-state index contributed by atoms with van der Waals surface area (Å²) in [6.07, 6.45) is 5.57. The second-order valence-corrected chi connectivity index (χ2v) is 8.43. The van der Waals surface area contributed by atoms with Crippen molar-refractivity contribution in [1.82, 2.24) is 9.78 Å². The van der Waals surface area contributed by atoms with Crippen LogP contribution in [0.5, 0.6) is 17.2 Å². The van der Waals surface area contributed by atoms with E-state index in [1.165, 1.54) is 6.08 Å². The summed E-state index contributed by atoms with van der Waals surface area (Å²) in [6.45, 7) is 1.00. The molecule has 0 atom stereocenters. The molecule has 1 aromatic heterocycles. The molecule has 164 valence electrons. The molecular formula is C21H17Cl5N2O3. The minimum absolute atomic E-state index is 0.122. The van der Waals surface area contributed by atoms with Gasteiger partial charge in [0.25, 0.3) is 0 Å². The maximum atomic E-state index is 6.25. The molecule has 0 spiro atoms. The molecule has 1 heterocycles. The fourth-order valence-electron chi connectivity index (χ4n) is 2.50. The van der Waals surface area contributed by atoms with Crippen LogP contribution in [0.3, 0.4) is 0 Å². The van der Waals surface area contributed by atoms with Gasteiger partial charge in [-0.3, -0.25) is 0 Å². The predicted octanol–water partition coefficient (Wildman–Crippen LogP) is 7.38. The maximum absolute atomic E-state index is 6.25. The van der Waals surface area contributed by atoms with Crippen LogP contribution in [0.2, 0.25) is 15.1 Å².